The molecule has 2 N–H and O–H groups in total. The summed E-state index contributed by atoms with van der Waals surface area (Å²) in [7, 11) is 0. The van der Waals surface area contributed by atoms with Crippen LogP contribution < -0.4 is 0 Å². The maximum absolute atomic E-state index is 13.5. The van der Waals surface area contributed by atoms with Crippen molar-refractivity contribution in [3.8, 4) is 11.4 Å². The lowest BCUT2D eigenvalue weighted by Gasteiger charge is -2.00. The van der Waals surface area contributed by atoms with E-state index < -0.39 is 11.8 Å². The van der Waals surface area contributed by atoms with Gasteiger partial charge in [0, 0.05) is 10.0 Å². The first-order valence-electron chi connectivity index (χ1n) is 5.83. The molecular weight excluding hydrogens is 363 g/mol. The highest BCUT2D eigenvalue weighted by atomic mass is 79.9. The van der Waals surface area contributed by atoms with E-state index in [0.29, 0.717) is 21.9 Å². The smallest absolute Gasteiger partial charge is 0.338 e. The molecule has 0 saturated carbocycles. The second-order valence-electron chi connectivity index (χ2n) is 4.36. The van der Waals surface area contributed by atoms with Gasteiger partial charge in [-0.3, -0.25) is 0 Å². The summed E-state index contributed by atoms with van der Waals surface area (Å²) in [6.07, 6.45) is 0. The number of nitrogens with one attached hydrogen (secondary N) is 1. The molecule has 0 unspecified atom stereocenters. The van der Waals surface area contributed by atoms with Gasteiger partial charge in [-0.15, -0.1) is 0 Å². The SMILES string of the molecule is O=C(O)c1cc(F)cc2[nH]c(-c3cc(Br)ccc3Cl)nc12. The normalized spacial score (nSPS) is 11.0. The number of rotatable bonds is 2. The predicted octanol–water partition coefficient (Wildman–Crippen LogP) is 4.48. The Bertz CT molecular complexity index is 879. The van der Waals surface area contributed by atoms with Gasteiger partial charge < -0.3 is 10.1 Å². The average molecular weight is 370 g/mol. The molecule has 7 heteroatoms. The zero-order chi connectivity index (χ0) is 15.1. The van der Waals surface area contributed by atoms with Crippen molar-refractivity contribution in [2.45, 2.75) is 0 Å². The Balaban J connectivity index is 2.28. The number of halogens is 3. The zero-order valence-corrected chi connectivity index (χ0v) is 12.7. The fourth-order valence-corrected chi connectivity index (χ4v) is 2.62. The highest BCUT2D eigenvalue weighted by Crippen LogP contribution is 2.31. The van der Waals surface area contributed by atoms with Gasteiger partial charge in [-0.2, -0.15) is 0 Å². The molecule has 0 spiro atoms. The lowest BCUT2D eigenvalue weighted by Crippen LogP contribution is -1.98. The van der Waals surface area contributed by atoms with Gasteiger partial charge >= 0.3 is 5.97 Å². The molecule has 0 saturated heterocycles. The predicted molar refractivity (Wildman–Crippen MR) is 81.2 cm³/mol. The number of hydrogen-bond acceptors (Lipinski definition) is 2. The number of imidazole rings is 1. The molecule has 0 fully saturated rings. The molecule has 0 aliphatic rings. The molecule has 0 atom stereocenters. The highest BCUT2D eigenvalue weighted by Gasteiger charge is 2.17. The Kier molecular flexibility index (Phi) is 3.43. The van der Waals surface area contributed by atoms with Gasteiger partial charge in [0.15, 0.2) is 0 Å². The number of benzene rings is 2. The number of aromatic amines is 1. The quantitative estimate of drug-likeness (QED) is 0.700. The summed E-state index contributed by atoms with van der Waals surface area (Å²) in [6, 6.07) is 7.35. The maximum atomic E-state index is 13.5. The average Bonchev–Trinajstić information content (AvgIpc) is 2.83. The van der Waals surface area contributed by atoms with Crippen molar-refractivity contribution in [1.29, 1.82) is 0 Å². The molecule has 21 heavy (non-hydrogen) atoms. The lowest BCUT2D eigenvalue weighted by atomic mass is 10.2. The van der Waals surface area contributed by atoms with E-state index in [-0.39, 0.29) is 11.1 Å². The highest BCUT2D eigenvalue weighted by molar-refractivity contribution is 9.10. The van der Waals surface area contributed by atoms with Gasteiger partial charge in [-0.05, 0) is 30.3 Å². The Morgan fingerprint density at radius 3 is 2.81 bits per heavy atom. The number of carboxylic acids is 1. The van der Waals surface area contributed by atoms with Crippen molar-refractivity contribution in [3.63, 3.8) is 0 Å². The number of hydrogen-bond donors (Lipinski definition) is 2. The third kappa shape index (κ3) is 2.52. The Hall–Kier alpha value is -1.92. The monoisotopic (exact) mass is 368 g/mol. The molecule has 3 aromatic rings. The van der Waals surface area contributed by atoms with Gasteiger partial charge in [-0.1, -0.05) is 27.5 Å². The van der Waals surface area contributed by atoms with Gasteiger partial charge in [0.2, 0.25) is 0 Å². The summed E-state index contributed by atoms with van der Waals surface area (Å²) in [4.78, 5) is 18.3. The van der Waals surface area contributed by atoms with Crippen LogP contribution in [0.25, 0.3) is 22.4 Å². The lowest BCUT2D eigenvalue weighted by molar-refractivity contribution is 0.0698. The first-order valence-corrected chi connectivity index (χ1v) is 7.01. The second kappa shape index (κ2) is 5.13. The van der Waals surface area contributed by atoms with Gasteiger partial charge in [0.1, 0.15) is 17.2 Å². The Labute approximate surface area is 131 Å². The second-order valence-corrected chi connectivity index (χ2v) is 5.69. The van der Waals surface area contributed by atoms with E-state index in [2.05, 4.69) is 25.9 Å². The molecule has 0 aliphatic heterocycles. The number of aromatic nitrogens is 2. The topological polar surface area (TPSA) is 66.0 Å². The molecule has 3 rings (SSSR count). The van der Waals surface area contributed by atoms with Crippen LogP contribution in [0.1, 0.15) is 10.4 Å². The van der Waals surface area contributed by atoms with Crippen molar-refractivity contribution >= 4 is 44.5 Å². The molecule has 4 nitrogen and oxygen atoms in total. The Morgan fingerprint density at radius 2 is 2.10 bits per heavy atom. The van der Waals surface area contributed by atoms with E-state index in [1.165, 1.54) is 6.07 Å². The molecule has 0 radical (unpaired) electrons. The fourth-order valence-electron chi connectivity index (χ4n) is 2.05. The summed E-state index contributed by atoms with van der Waals surface area (Å²) in [5.74, 6) is -1.50. The number of carboxylic acid groups (broad SMARTS) is 1. The summed E-state index contributed by atoms with van der Waals surface area (Å²) >= 11 is 9.45. The van der Waals surface area contributed by atoms with Gasteiger partial charge in [0.05, 0.1) is 16.1 Å². The molecule has 0 aliphatic carbocycles. The van der Waals surface area contributed by atoms with E-state index >= 15 is 0 Å². The standard InChI is InChI=1S/C14H7BrClFN2O2/c15-6-1-2-10(16)8(3-6)13-18-11-5-7(17)4-9(14(20)21)12(11)19-13/h1-5H,(H,18,19)(H,20,21). The van der Waals surface area contributed by atoms with Crippen molar-refractivity contribution in [1.82, 2.24) is 9.97 Å². The maximum Gasteiger partial charge on any atom is 0.338 e. The van der Waals surface area contributed by atoms with Gasteiger partial charge in [0.25, 0.3) is 0 Å². The van der Waals surface area contributed by atoms with E-state index in [0.717, 1.165) is 10.5 Å². The van der Waals surface area contributed by atoms with Crippen LogP contribution in [0, 0.1) is 5.82 Å². The first-order chi connectivity index (χ1) is 9.95. The van der Waals surface area contributed by atoms with Crippen LogP contribution >= 0.6 is 27.5 Å². The largest absolute Gasteiger partial charge is 0.478 e. The fraction of sp³-hybridized carbons (Fsp3) is 0. The minimum atomic E-state index is -1.24. The van der Waals surface area contributed by atoms with Crippen molar-refractivity contribution in [3.05, 3.63) is 51.2 Å². The molecular formula is C14H7BrClFN2O2. The van der Waals surface area contributed by atoms with E-state index in [9.17, 15) is 9.18 Å². The third-order valence-electron chi connectivity index (χ3n) is 2.97. The van der Waals surface area contributed by atoms with Crippen LogP contribution in [-0.2, 0) is 0 Å². The zero-order valence-electron chi connectivity index (χ0n) is 10.3. The number of aromatic carboxylic acids is 1. The number of fused-ring (bicyclic) bond motifs is 1. The van der Waals surface area contributed by atoms with Crippen molar-refractivity contribution in [2.24, 2.45) is 0 Å². The summed E-state index contributed by atoms with van der Waals surface area (Å²) in [6.45, 7) is 0. The van der Waals surface area contributed by atoms with E-state index in [4.69, 9.17) is 16.7 Å². The minimum absolute atomic E-state index is 0.190. The summed E-state index contributed by atoms with van der Waals surface area (Å²) in [5.41, 5.74) is 0.894. The van der Waals surface area contributed by atoms with Crippen LogP contribution in [0.2, 0.25) is 5.02 Å². The van der Waals surface area contributed by atoms with E-state index in [1.807, 2.05) is 0 Å². The molecule has 1 heterocycles. The van der Waals surface area contributed by atoms with Crippen LogP contribution in [0.4, 0.5) is 4.39 Å². The molecule has 0 bridgehead atoms. The summed E-state index contributed by atoms with van der Waals surface area (Å²) < 4.78 is 14.3. The molecule has 0 amide bonds. The van der Waals surface area contributed by atoms with E-state index in [1.54, 1.807) is 18.2 Å². The Morgan fingerprint density at radius 1 is 1.33 bits per heavy atom. The molecule has 2 aromatic carbocycles. The molecule has 1 aromatic heterocycles. The van der Waals surface area contributed by atoms with Crippen LogP contribution in [-0.4, -0.2) is 21.0 Å². The number of H-pyrrole nitrogens is 1. The van der Waals surface area contributed by atoms with Crippen LogP contribution in [0.3, 0.4) is 0 Å². The van der Waals surface area contributed by atoms with Gasteiger partial charge in [-0.25, -0.2) is 14.2 Å². The number of carbonyl (C=O) groups is 1. The van der Waals surface area contributed by atoms with Crippen molar-refractivity contribution < 1.29 is 14.3 Å². The van der Waals surface area contributed by atoms with Crippen molar-refractivity contribution in [2.75, 3.05) is 0 Å². The third-order valence-corrected chi connectivity index (χ3v) is 3.79. The van der Waals surface area contributed by atoms with Crippen LogP contribution in [0.5, 0.6) is 0 Å². The number of nitrogens with zero attached hydrogens (tertiary/aromatic N) is 1. The minimum Gasteiger partial charge on any atom is -0.478 e. The molecule has 106 valence electrons. The van der Waals surface area contributed by atoms with Crippen LogP contribution in [0.15, 0.2) is 34.8 Å². The summed E-state index contributed by atoms with van der Waals surface area (Å²) in [5, 5.41) is 9.59. The first kappa shape index (κ1) is 14.0.